The van der Waals surface area contributed by atoms with Gasteiger partial charge in [-0.15, -0.1) is 0 Å². The summed E-state index contributed by atoms with van der Waals surface area (Å²) in [5, 5.41) is 23.1. The van der Waals surface area contributed by atoms with E-state index in [0.717, 1.165) is 11.1 Å². The van der Waals surface area contributed by atoms with E-state index in [4.69, 9.17) is 9.47 Å². The van der Waals surface area contributed by atoms with Crippen molar-refractivity contribution in [3.05, 3.63) is 72.3 Å². The summed E-state index contributed by atoms with van der Waals surface area (Å²) in [6.07, 6.45) is 1.32. The molecule has 0 aromatic heterocycles. The van der Waals surface area contributed by atoms with Crippen molar-refractivity contribution in [3.8, 4) is 34.1 Å². The number of aromatic hydroxyl groups is 2. The quantitative estimate of drug-likeness (QED) is 0.325. The predicted molar refractivity (Wildman–Crippen MR) is 109 cm³/mol. The number of nitrogens with zero attached hydrogens (tertiary/aromatic N) is 1. The number of hydrogen-bond donors (Lipinski definition) is 3. The first-order chi connectivity index (χ1) is 14.1. The lowest BCUT2D eigenvalue weighted by Gasteiger charge is -2.11. The summed E-state index contributed by atoms with van der Waals surface area (Å²) in [4.78, 5) is 12.0. The second kappa shape index (κ2) is 9.27. The Labute approximate surface area is 167 Å². The smallest absolute Gasteiger partial charge is 0.277 e. The monoisotopic (exact) mass is 392 g/mol. The molecule has 7 nitrogen and oxygen atoms in total. The fourth-order valence-electron chi connectivity index (χ4n) is 2.65. The fraction of sp³-hybridized carbons (Fsp3) is 0.0909. The molecule has 0 aliphatic carbocycles. The molecule has 0 atom stereocenters. The molecule has 0 unspecified atom stereocenters. The number of hydrogen-bond acceptors (Lipinski definition) is 6. The molecule has 0 saturated heterocycles. The highest BCUT2D eigenvalue weighted by Gasteiger charge is 2.09. The molecule has 3 N–H and O–H groups in total. The molecule has 3 aromatic carbocycles. The molecule has 0 aliphatic rings. The van der Waals surface area contributed by atoms with Gasteiger partial charge in [0.15, 0.2) is 18.1 Å². The van der Waals surface area contributed by atoms with Gasteiger partial charge in [0.1, 0.15) is 5.75 Å². The van der Waals surface area contributed by atoms with Crippen LogP contribution >= 0.6 is 0 Å². The Morgan fingerprint density at radius 3 is 2.52 bits per heavy atom. The van der Waals surface area contributed by atoms with Crippen LogP contribution in [0.2, 0.25) is 0 Å². The van der Waals surface area contributed by atoms with Crippen molar-refractivity contribution in [3.63, 3.8) is 0 Å². The summed E-state index contributed by atoms with van der Waals surface area (Å²) >= 11 is 0. The van der Waals surface area contributed by atoms with E-state index in [0.29, 0.717) is 11.3 Å². The Kier molecular flexibility index (Phi) is 6.32. The number of hydrazone groups is 1. The van der Waals surface area contributed by atoms with Crippen LogP contribution in [0.3, 0.4) is 0 Å². The van der Waals surface area contributed by atoms with E-state index < -0.39 is 5.91 Å². The minimum absolute atomic E-state index is 0.0960. The van der Waals surface area contributed by atoms with Crippen LogP contribution in [0, 0.1) is 0 Å². The van der Waals surface area contributed by atoms with Gasteiger partial charge in [0.2, 0.25) is 5.75 Å². The molecule has 148 valence electrons. The van der Waals surface area contributed by atoms with Crippen molar-refractivity contribution in [1.29, 1.82) is 0 Å². The van der Waals surface area contributed by atoms with Gasteiger partial charge in [-0.1, -0.05) is 48.5 Å². The van der Waals surface area contributed by atoms with E-state index in [-0.39, 0.29) is 23.9 Å². The van der Waals surface area contributed by atoms with Crippen molar-refractivity contribution in [2.24, 2.45) is 5.10 Å². The molecule has 29 heavy (non-hydrogen) atoms. The molecule has 0 bridgehead atoms. The van der Waals surface area contributed by atoms with E-state index in [1.165, 1.54) is 25.5 Å². The number of para-hydroxylation sites is 1. The lowest BCUT2D eigenvalue weighted by Crippen LogP contribution is -2.24. The van der Waals surface area contributed by atoms with E-state index >= 15 is 0 Å². The first-order valence-corrected chi connectivity index (χ1v) is 8.77. The Bertz CT molecular complexity index is 1020. The Morgan fingerprint density at radius 2 is 1.76 bits per heavy atom. The number of phenols is 2. The lowest BCUT2D eigenvalue weighted by molar-refractivity contribution is -0.123. The third-order valence-electron chi connectivity index (χ3n) is 4.03. The standard InChI is InChI=1S/C22H20N2O5/c1-28-20-12-15(11-18(25)22(20)27)13-23-24-21(26)14-29-19-10-6-5-9-17(19)16-7-3-2-4-8-16/h2-13,25,27H,14H2,1H3,(H,24,26)/b23-13+. The Hall–Kier alpha value is -4.00. The number of nitrogens with one attached hydrogen (secondary N) is 1. The fourth-order valence-corrected chi connectivity index (χ4v) is 2.65. The van der Waals surface area contributed by atoms with Crippen LogP contribution in [-0.4, -0.2) is 36.1 Å². The number of amides is 1. The highest BCUT2D eigenvalue weighted by molar-refractivity contribution is 5.84. The lowest BCUT2D eigenvalue weighted by atomic mass is 10.1. The van der Waals surface area contributed by atoms with Crippen LogP contribution in [0.25, 0.3) is 11.1 Å². The van der Waals surface area contributed by atoms with E-state index in [1.807, 2.05) is 48.5 Å². The first kappa shape index (κ1) is 19.8. The topological polar surface area (TPSA) is 100 Å². The van der Waals surface area contributed by atoms with E-state index in [1.54, 1.807) is 6.07 Å². The van der Waals surface area contributed by atoms with E-state index in [9.17, 15) is 15.0 Å². The molecule has 3 aromatic rings. The molecule has 0 radical (unpaired) electrons. The predicted octanol–water partition coefficient (Wildman–Crippen LogP) is 3.30. The van der Waals surface area contributed by atoms with Crippen LogP contribution < -0.4 is 14.9 Å². The third-order valence-corrected chi connectivity index (χ3v) is 4.03. The third kappa shape index (κ3) is 5.04. The summed E-state index contributed by atoms with van der Waals surface area (Å²) in [7, 11) is 1.36. The van der Waals surface area contributed by atoms with Gasteiger partial charge in [0.05, 0.1) is 13.3 Å². The number of rotatable bonds is 7. The number of benzene rings is 3. The zero-order valence-corrected chi connectivity index (χ0v) is 15.7. The Balaban J connectivity index is 1.60. The molecular formula is C22H20N2O5. The SMILES string of the molecule is COc1cc(/C=N/NC(=O)COc2ccccc2-c2ccccc2)cc(O)c1O. The molecular weight excluding hydrogens is 372 g/mol. The molecule has 0 aliphatic heterocycles. The normalized spacial score (nSPS) is 10.7. The van der Waals surface area contributed by atoms with Crippen molar-refractivity contribution >= 4 is 12.1 Å². The minimum atomic E-state index is -0.445. The average molecular weight is 392 g/mol. The second-order valence-corrected chi connectivity index (χ2v) is 6.03. The molecule has 3 rings (SSSR count). The van der Waals surface area contributed by atoms with Gasteiger partial charge in [-0.2, -0.15) is 5.10 Å². The largest absolute Gasteiger partial charge is 0.504 e. The summed E-state index contributed by atoms with van der Waals surface area (Å²) in [6.45, 7) is -0.217. The van der Waals surface area contributed by atoms with Gasteiger partial charge in [-0.3, -0.25) is 4.79 Å². The molecule has 0 spiro atoms. The molecule has 0 heterocycles. The molecule has 0 saturated carbocycles. The zero-order valence-electron chi connectivity index (χ0n) is 15.7. The molecule has 0 fully saturated rings. The summed E-state index contributed by atoms with van der Waals surface area (Å²) in [5.41, 5.74) is 4.66. The maximum atomic E-state index is 12.0. The van der Waals surface area contributed by atoms with Gasteiger partial charge < -0.3 is 19.7 Å². The number of phenolic OH excluding ortho intramolecular Hbond substituents is 2. The second-order valence-electron chi connectivity index (χ2n) is 6.03. The van der Waals surface area contributed by atoms with Gasteiger partial charge in [0, 0.05) is 11.1 Å². The van der Waals surface area contributed by atoms with Crippen molar-refractivity contribution in [2.45, 2.75) is 0 Å². The summed E-state index contributed by atoms with van der Waals surface area (Å²) in [5.74, 6) is -0.471. The minimum Gasteiger partial charge on any atom is -0.504 e. The van der Waals surface area contributed by atoms with Crippen LogP contribution in [0.15, 0.2) is 71.8 Å². The van der Waals surface area contributed by atoms with Crippen LogP contribution in [0.5, 0.6) is 23.0 Å². The van der Waals surface area contributed by atoms with Gasteiger partial charge in [0.25, 0.3) is 5.91 Å². The number of methoxy groups -OCH3 is 1. The number of carbonyl (C=O) groups excluding carboxylic acids is 1. The number of carbonyl (C=O) groups is 1. The van der Waals surface area contributed by atoms with Crippen molar-refractivity contribution < 1.29 is 24.5 Å². The molecule has 1 amide bonds. The van der Waals surface area contributed by atoms with Crippen LogP contribution in [-0.2, 0) is 4.79 Å². The van der Waals surface area contributed by atoms with Gasteiger partial charge in [-0.25, -0.2) is 5.43 Å². The molecule has 7 heteroatoms. The highest BCUT2D eigenvalue weighted by atomic mass is 16.5. The maximum Gasteiger partial charge on any atom is 0.277 e. The summed E-state index contributed by atoms with van der Waals surface area (Å²) < 4.78 is 10.6. The highest BCUT2D eigenvalue weighted by Crippen LogP contribution is 2.35. The van der Waals surface area contributed by atoms with E-state index in [2.05, 4.69) is 10.5 Å². The maximum absolute atomic E-state index is 12.0. The Morgan fingerprint density at radius 1 is 1.03 bits per heavy atom. The van der Waals surface area contributed by atoms with Crippen molar-refractivity contribution in [1.82, 2.24) is 5.43 Å². The summed E-state index contributed by atoms with van der Waals surface area (Å²) in [6, 6.07) is 20.0. The number of ether oxygens (including phenoxy) is 2. The zero-order chi connectivity index (χ0) is 20.6. The van der Waals surface area contributed by atoms with Crippen molar-refractivity contribution in [2.75, 3.05) is 13.7 Å². The van der Waals surface area contributed by atoms with Crippen LogP contribution in [0.4, 0.5) is 0 Å². The van der Waals surface area contributed by atoms with Gasteiger partial charge in [-0.05, 0) is 23.8 Å². The first-order valence-electron chi connectivity index (χ1n) is 8.77. The average Bonchev–Trinajstić information content (AvgIpc) is 2.75. The van der Waals surface area contributed by atoms with Crippen LogP contribution in [0.1, 0.15) is 5.56 Å². The van der Waals surface area contributed by atoms with Gasteiger partial charge >= 0.3 is 0 Å².